The van der Waals surface area contributed by atoms with E-state index >= 15 is 0 Å². The first-order valence-corrected chi connectivity index (χ1v) is 30.2. The van der Waals surface area contributed by atoms with Gasteiger partial charge in [0.15, 0.2) is 5.71 Å². The Labute approximate surface area is 449 Å². The van der Waals surface area contributed by atoms with E-state index in [9.17, 15) is 63.1 Å². The van der Waals surface area contributed by atoms with E-state index in [1.807, 2.05) is 65.0 Å². The summed E-state index contributed by atoms with van der Waals surface area (Å²) in [4.78, 5) is 76.1. The Morgan fingerprint density at radius 1 is 0.697 bits per heavy atom. The van der Waals surface area contributed by atoms with Crippen molar-refractivity contribution in [3.8, 4) is 0 Å². The summed E-state index contributed by atoms with van der Waals surface area (Å²) in [5.74, 6) is -3.51. The van der Waals surface area contributed by atoms with E-state index in [1.165, 1.54) is 24.3 Å². The van der Waals surface area contributed by atoms with Crippen molar-refractivity contribution >= 4 is 93.9 Å². The lowest BCUT2D eigenvalue weighted by Gasteiger charge is -2.25. The summed E-state index contributed by atoms with van der Waals surface area (Å²) < 4.78 is 100. The number of hydrogen-bond donors (Lipinski definition) is 8. The molecule has 22 nitrogen and oxygen atoms in total. The molecule has 0 aliphatic carbocycles. The molecule has 0 radical (unpaired) electrons. The number of allylic oxidation sites excluding steroid dienone is 6. The van der Waals surface area contributed by atoms with Crippen LogP contribution in [0.25, 0.3) is 0 Å². The van der Waals surface area contributed by atoms with Gasteiger partial charge in [-0.25, -0.2) is 0 Å². The molecule has 5 amide bonds. The molecule has 2 aromatic carbocycles. The van der Waals surface area contributed by atoms with Crippen LogP contribution in [0.2, 0.25) is 0 Å². The lowest BCUT2D eigenvalue weighted by molar-refractivity contribution is -0.438. The summed E-state index contributed by atoms with van der Waals surface area (Å²) in [6.45, 7) is 11.5. The highest BCUT2D eigenvalue weighted by molar-refractivity contribution is 8.14. The molecule has 0 saturated carbocycles. The normalized spacial score (nSPS) is 15.9. The number of hydrogen-bond acceptors (Lipinski definition) is 14. The van der Waals surface area contributed by atoms with Gasteiger partial charge in [-0.1, -0.05) is 50.8 Å². The third-order valence-corrected chi connectivity index (χ3v) is 16.3. The van der Waals surface area contributed by atoms with Crippen LogP contribution < -0.4 is 31.5 Å². The predicted molar refractivity (Wildman–Crippen MR) is 288 cm³/mol. The van der Waals surface area contributed by atoms with Gasteiger partial charge in [0, 0.05) is 72.6 Å². The quantitative estimate of drug-likeness (QED) is 0.0250. The number of nitrogens with zero attached hydrogens (tertiary/aromatic N) is 2. The Morgan fingerprint density at radius 2 is 1.34 bits per heavy atom. The second kappa shape index (κ2) is 27.5. The molecule has 8 N–H and O–H groups in total. The van der Waals surface area contributed by atoms with Crippen LogP contribution in [0.3, 0.4) is 0 Å². The number of rotatable bonds is 29. The summed E-state index contributed by atoms with van der Waals surface area (Å²) in [7, 11) is -13.1. The highest BCUT2D eigenvalue weighted by Gasteiger charge is 2.45. The molecule has 76 heavy (non-hydrogen) atoms. The number of likely N-dealkylation sites (N-methyl/N-ethyl adjacent to an activating group) is 1. The molecule has 0 spiro atoms. The molecule has 2 heterocycles. The molecule has 2 aromatic rings. The van der Waals surface area contributed by atoms with Crippen molar-refractivity contribution in [2.75, 3.05) is 55.7 Å². The average molecular weight is 1140 g/mol. The number of benzene rings is 2. The van der Waals surface area contributed by atoms with Crippen LogP contribution in [0, 0.1) is 0 Å². The van der Waals surface area contributed by atoms with Crippen LogP contribution >= 0.6 is 11.8 Å². The fraction of sp³-hybridized carbons (Fsp3) is 0.500. The second-order valence-electron chi connectivity index (χ2n) is 19.0. The molecule has 0 saturated heterocycles. The van der Waals surface area contributed by atoms with Crippen molar-refractivity contribution in [1.82, 2.24) is 26.6 Å². The van der Waals surface area contributed by atoms with Gasteiger partial charge in [-0.15, -0.1) is 0 Å². The standard InChI is InChI=1S/C50H69N7O15S4/c1-7-43(58)52-32-46(61)55-38(48(63)54-31-45(60)53-33-47(62)73-27-28-74(64,65)66)17-14-15-25-51-44(59)20-13-10-16-26-57-40-24-22-35(76(70,71)72)30-37(40)50(5,6)42(57)19-12-9-11-18-41-49(3,4)36-29-34(75(67,68)69)21-23-39(36)56(41)8-2/h9,11-12,18-19,21-24,29-30,38H,7-8,10,13-17,20,25-28,31-33H2,1-6H3,(H7-,51,52,53,54,55,58,59,60,61,63,64,65,66,67,68,69,70,71,72)/p+1/t38-/m0/s1. The molecular weight excluding hydrogens is 1070 g/mol. The molecule has 2 aliphatic rings. The van der Waals surface area contributed by atoms with Crippen molar-refractivity contribution < 1.29 is 72.3 Å². The monoisotopic (exact) mass is 1140 g/mol. The first-order valence-electron chi connectivity index (χ1n) is 24.7. The highest BCUT2D eigenvalue weighted by atomic mass is 32.2. The summed E-state index contributed by atoms with van der Waals surface area (Å²) in [5, 5.41) is 11.9. The Morgan fingerprint density at radius 3 is 1.99 bits per heavy atom. The predicted octanol–water partition coefficient (Wildman–Crippen LogP) is 3.61. The van der Waals surface area contributed by atoms with E-state index in [1.54, 1.807) is 19.1 Å². The van der Waals surface area contributed by atoms with Gasteiger partial charge in [0.2, 0.25) is 40.3 Å². The fourth-order valence-electron chi connectivity index (χ4n) is 8.74. The molecule has 0 fully saturated rings. The first kappa shape index (κ1) is 62.8. The Kier molecular flexibility index (Phi) is 22.7. The van der Waals surface area contributed by atoms with E-state index in [4.69, 9.17) is 4.55 Å². The molecule has 4 rings (SSSR count). The van der Waals surface area contributed by atoms with Crippen LogP contribution in [-0.2, 0) is 70.0 Å². The minimum Gasteiger partial charge on any atom is -0.356 e. The zero-order valence-electron chi connectivity index (χ0n) is 43.5. The van der Waals surface area contributed by atoms with Gasteiger partial charge in [-0.2, -0.15) is 29.8 Å². The van der Waals surface area contributed by atoms with Crippen molar-refractivity contribution in [3.63, 3.8) is 0 Å². The van der Waals surface area contributed by atoms with E-state index in [-0.39, 0.29) is 59.7 Å². The van der Waals surface area contributed by atoms with Crippen molar-refractivity contribution in [3.05, 3.63) is 83.6 Å². The fourth-order valence-corrected chi connectivity index (χ4v) is 11.3. The minimum absolute atomic E-state index is 0.117. The Bertz CT molecular complexity index is 2990. The first-order chi connectivity index (χ1) is 35.5. The second-order valence-corrected chi connectivity index (χ2v) is 24.6. The molecule has 418 valence electrons. The SMILES string of the molecule is CCC(=O)NCC(=O)N[C@@H](CCCCNC(=O)CCCCC[N+]1=C(C=CC=CC=C2N(CC)c3ccc(S(=O)(=O)O)cc3C2(C)C)C(C)(C)c2cc(S(=O)(=O)O)ccc21)C(=O)NCC(=O)NCC(=O)SCCS(=O)(=O)O. The third kappa shape index (κ3) is 18.2. The van der Waals surface area contributed by atoms with Crippen LogP contribution in [0.5, 0.6) is 0 Å². The third-order valence-electron chi connectivity index (χ3n) is 12.8. The zero-order chi connectivity index (χ0) is 56.6. The lowest BCUT2D eigenvalue weighted by Crippen LogP contribution is -2.51. The Hall–Kier alpha value is -5.77. The zero-order valence-corrected chi connectivity index (χ0v) is 46.8. The van der Waals surface area contributed by atoms with Gasteiger partial charge >= 0.3 is 0 Å². The largest absolute Gasteiger partial charge is 0.356 e. The van der Waals surface area contributed by atoms with Crippen LogP contribution in [0.4, 0.5) is 11.4 Å². The lowest BCUT2D eigenvalue weighted by atomic mass is 9.81. The number of anilines is 1. The van der Waals surface area contributed by atoms with E-state index in [2.05, 4.69) is 36.1 Å². The highest BCUT2D eigenvalue weighted by Crippen LogP contribution is 2.48. The topological polar surface area (TPSA) is 332 Å². The van der Waals surface area contributed by atoms with Gasteiger partial charge in [0.05, 0.1) is 40.6 Å². The van der Waals surface area contributed by atoms with E-state index in [0.717, 1.165) is 28.3 Å². The molecular formula is C50H70N7O15S4+. The number of carbonyl (C=O) groups excluding carboxylic acids is 6. The molecule has 0 aromatic heterocycles. The number of carbonyl (C=O) groups is 6. The molecule has 26 heteroatoms. The number of thioether (sulfide) groups is 1. The maximum absolute atomic E-state index is 13.1. The van der Waals surface area contributed by atoms with Gasteiger partial charge in [-0.3, -0.25) is 42.4 Å². The van der Waals surface area contributed by atoms with E-state index < -0.39 is 88.9 Å². The average Bonchev–Trinajstić information content (AvgIpc) is 3.69. The van der Waals surface area contributed by atoms with Gasteiger partial charge < -0.3 is 31.5 Å². The summed E-state index contributed by atoms with van der Waals surface area (Å²) >= 11 is 0.596. The van der Waals surface area contributed by atoms with Crippen molar-refractivity contribution in [2.45, 2.75) is 120 Å². The van der Waals surface area contributed by atoms with Crippen molar-refractivity contribution in [1.29, 1.82) is 0 Å². The Balaban J connectivity index is 1.33. The van der Waals surface area contributed by atoms with Gasteiger partial charge in [0.1, 0.15) is 12.6 Å². The van der Waals surface area contributed by atoms with Gasteiger partial charge in [-0.05, 0) is 94.8 Å². The molecule has 0 bridgehead atoms. The van der Waals surface area contributed by atoms with Crippen LogP contribution in [0.15, 0.2) is 82.3 Å². The van der Waals surface area contributed by atoms with E-state index in [0.29, 0.717) is 62.5 Å². The summed E-state index contributed by atoms with van der Waals surface area (Å²) in [6, 6.07) is 7.99. The molecule has 1 atom stereocenters. The smallest absolute Gasteiger partial charge is 0.294 e. The number of amides is 5. The summed E-state index contributed by atoms with van der Waals surface area (Å²) in [6.07, 6.45) is 12.7. The number of unbranched alkanes of at least 4 members (excludes halogenated alkanes) is 3. The number of nitrogens with one attached hydrogen (secondary N) is 5. The van der Waals surface area contributed by atoms with Crippen LogP contribution in [-0.4, -0.2) is 141 Å². The molecule has 0 unspecified atom stereocenters. The maximum atomic E-state index is 13.1. The minimum atomic E-state index is -4.49. The van der Waals surface area contributed by atoms with Crippen molar-refractivity contribution in [2.24, 2.45) is 0 Å². The molecule has 2 aliphatic heterocycles. The summed E-state index contributed by atoms with van der Waals surface area (Å²) in [5.41, 5.74) is 3.62. The van der Waals surface area contributed by atoms with Crippen LogP contribution in [0.1, 0.15) is 104 Å². The maximum Gasteiger partial charge on any atom is 0.294 e. The van der Waals surface area contributed by atoms with Gasteiger partial charge in [0.25, 0.3) is 30.4 Å². The number of fused-ring (bicyclic) bond motifs is 2.